The van der Waals surface area contributed by atoms with Crippen LogP contribution in [0.25, 0.3) is 27.7 Å². The molecular weight excluding hydrogens is 436 g/mol. The number of para-hydroxylation sites is 1. The van der Waals surface area contributed by atoms with Crippen molar-refractivity contribution in [1.29, 1.82) is 0 Å². The molecule has 0 amide bonds. The number of halogens is 1. The lowest BCUT2D eigenvalue weighted by atomic mass is 9.88. The summed E-state index contributed by atoms with van der Waals surface area (Å²) in [6, 6.07) is 27.5. The second kappa shape index (κ2) is 9.13. The summed E-state index contributed by atoms with van der Waals surface area (Å²) >= 11 is 6.86. The quantitative estimate of drug-likeness (QED) is 0.262. The van der Waals surface area contributed by atoms with Crippen molar-refractivity contribution in [2.24, 2.45) is 7.05 Å². The van der Waals surface area contributed by atoms with Crippen molar-refractivity contribution in [2.75, 3.05) is 13.1 Å². The molecule has 0 N–H and O–H groups in total. The monoisotopic (exact) mass is 465 g/mol. The summed E-state index contributed by atoms with van der Waals surface area (Å²) in [4.78, 5) is 0. The SMILES string of the molecule is CC[N+]1(CC)C=CC(=C(c2ccccc2Cl)c2c(-c3ccccc3)n(C)c3ccccc23)C=C1. The Hall–Kier alpha value is -3.33. The normalized spacial score (nSPS) is 14.6. The molecule has 0 aliphatic carbocycles. The van der Waals surface area contributed by atoms with Gasteiger partial charge in [-0.05, 0) is 49.3 Å². The van der Waals surface area contributed by atoms with E-state index in [0.29, 0.717) is 0 Å². The second-order valence-electron chi connectivity index (χ2n) is 8.84. The van der Waals surface area contributed by atoms with Crippen molar-refractivity contribution >= 4 is 28.1 Å². The van der Waals surface area contributed by atoms with Gasteiger partial charge < -0.3 is 4.57 Å². The summed E-state index contributed by atoms with van der Waals surface area (Å²) < 4.78 is 3.16. The molecule has 3 aromatic carbocycles. The Balaban J connectivity index is 1.90. The van der Waals surface area contributed by atoms with E-state index < -0.39 is 0 Å². The van der Waals surface area contributed by atoms with Crippen LogP contribution in [0.1, 0.15) is 25.0 Å². The van der Waals surface area contributed by atoms with E-state index >= 15 is 0 Å². The highest BCUT2D eigenvalue weighted by molar-refractivity contribution is 6.33. The van der Waals surface area contributed by atoms with Crippen LogP contribution in [0.15, 0.2) is 109 Å². The van der Waals surface area contributed by atoms with Crippen LogP contribution in [0.3, 0.4) is 0 Å². The standard InChI is InChI=1S/C31H30ClN2/c1-4-34(5-2)21-19-23(20-22-34)29(25-15-9-11-17-27(25)32)30-26-16-10-12-18-28(26)33(3)31(30)24-13-7-6-8-14-24/h6-22H,4-5H2,1-3H3/q+1. The van der Waals surface area contributed by atoms with Gasteiger partial charge in [0.25, 0.3) is 0 Å². The molecule has 2 nitrogen and oxygen atoms in total. The van der Waals surface area contributed by atoms with Gasteiger partial charge in [-0.1, -0.05) is 78.3 Å². The fourth-order valence-electron chi connectivity index (χ4n) is 5.05. The average molecular weight is 466 g/mol. The highest BCUT2D eigenvalue weighted by atomic mass is 35.5. The molecule has 1 aromatic heterocycles. The summed E-state index contributed by atoms with van der Waals surface area (Å²) in [5, 5.41) is 1.99. The zero-order valence-electron chi connectivity index (χ0n) is 20.0. The zero-order valence-corrected chi connectivity index (χ0v) is 20.8. The van der Waals surface area contributed by atoms with Crippen molar-refractivity contribution in [3.8, 4) is 11.3 Å². The number of quaternary nitrogens is 1. The Bertz CT molecular complexity index is 1420. The van der Waals surface area contributed by atoms with Crippen LogP contribution in [0.4, 0.5) is 0 Å². The second-order valence-corrected chi connectivity index (χ2v) is 9.25. The summed E-state index contributed by atoms with van der Waals surface area (Å²) in [5.41, 5.74) is 8.21. The minimum Gasteiger partial charge on any atom is -0.343 e. The van der Waals surface area contributed by atoms with Crippen LogP contribution < -0.4 is 0 Å². The summed E-state index contributed by atoms with van der Waals surface area (Å²) in [5.74, 6) is 0. The van der Waals surface area contributed by atoms with Gasteiger partial charge in [-0.3, -0.25) is 4.48 Å². The zero-order chi connectivity index (χ0) is 23.7. The highest BCUT2D eigenvalue weighted by Gasteiger charge is 2.26. The van der Waals surface area contributed by atoms with E-state index in [2.05, 4.69) is 117 Å². The largest absolute Gasteiger partial charge is 0.343 e. The lowest BCUT2D eigenvalue weighted by Crippen LogP contribution is -2.37. The molecule has 0 saturated heterocycles. The summed E-state index contributed by atoms with van der Waals surface area (Å²) in [6.07, 6.45) is 9.20. The van der Waals surface area contributed by atoms with Crippen molar-refractivity contribution < 1.29 is 4.48 Å². The summed E-state index contributed by atoms with van der Waals surface area (Å²) in [6.45, 7) is 6.53. The molecule has 170 valence electrons. The Labute approximate surface area is 207 Å². The average Bonchev–Trinajstić information content (AvgIpc) is 3.18. The molecule has 0 spiro atoms. The third-order valence-electron chi connectivity index (χ3n) is 7.12. The van der Waals surface area contributed by atoms with Crippen LogP contribution in [0.5, 0.6) is 0 Å². The van der Waals surface area contributed by atoms with Crippen LogP contribution in [0, 0.1) is 0 Å². The molecule has 34 heavy (non-hydrogen) atoms. The molecule has 0 radical (unpaired) electrons. The first-order valence-corrected chi connectivity index (χ1v) is 12.3. The van der Waals surface area contributed by atoms with E-state index in [1.54, 1.807) is 0 Å². The molecule has 0 bridgehead atoms. The first-order valence-electron chi connectivity index (χ1n) is 12.0. The Kier molecular flexibility index (Phi) is 6.03. The number of aryl methyl sites for hydroxylation is 1. The van der Waals surface area contributed by atoms with Gasteiger partial charge >= 0.3 is 0 Å². The third-order valence-corrected chi connectivity index (χ3v) is 7.45. The predicted molar refractivity (Wildman–Crippen MR) is 145 cm³/mol. The molecule has 3 heteroatoms. The van der Waals surface area contributed by atoms with E-state index in [1.807, 2.05) is 12.1 Å². The van der Waals surface area contributed by atoms with Gasteiger partial charge in [0.05, 0.1) is 18.8 Å². The van der Waals surface area contributed by atoms with Crippen molar-refractivity contribution in [1.82, 2.24) is 4.57 Å². The van der Waals surface area contributed by atoms with Gasteiger partial charge in [-0.25, -0.2) is 0 Å². The predicted octanol–water partition coefficient (Wildman–Crippen LogP) is 8.20. The number of hydrogen-bond acceptors (Lipinski definition) is 0. The minimum atomic E-state index is 0.760. The molecule has 1 aliphatic rings. The molecule has 0 fully saturated rings. The number of fused-ring (bicyclic) bond motifs is 1. The van der Waals surface area contributed by atoms with Crippen LogP contribution in [0.2, 0.25) is 5.02 Å². The maximum Gasteiger partial charge on any atom is 0.101 e. The maximum atomic E-state index is 6.86. The van der Waals surface area contributed by atoms with Crippen LogP contribution in [-0.4, -0.2) is 22.1 Å². The van der Waals surface area contributed by atoms with Gasteiger partial charge in [0.2, 0.25) is 0 Å². The first kappa shape index (κ1) is 22.5. The fraction of sp³-hybridized carbons (Fsp3) is 0.161. The number of benzene rings is 3. The van der Waals surface area contributed by atoms with E-state index in [9.17, 15) is 0 Å². The molecule has 2 heterocycles. The molecule has 0 saturated carbocycles. The van der Waals surface area contributed by atoms with Crippen LogP contribution >= 0.6 is 11.6 Å². The molecule has 5 rings (SSSR count). The topological polar surface area (TPSA) is 4.93 Å². The summed E-state index contributed by atoms with van der Waals surface area (Å²) in [7, 11) is 2.16. The van der Waals surface area contributed by atoms with E-state index in [4.69, 9.17) is 11.6 Å². The Morgan fingerprint density at radius 1 is 0.794 bits per heavy atom. The molecule has 1 aliphatic heterocycles. The fourth-order valence-corrected chi connectivity index (χ4v) is 5.28. The number of hydrogen-bond donors (Lipinski definition) is 0. The number of rotatable bonds is 5. The molecular formula is C31H30ClN2+. The van der Waals surface area contributed by atoms with E-state index in [1.165, 1.54) is 38.9 Å². The number of allylic oxidation sites excluding steroid dienone is 3. The Morgan fingerprint density at radius 2 is 1.41 bits per heavy atom. The maximum absolute atomic E-state index is 6.86. The van der Waals surface area contributed by atoms with Gasteiger partial charge in [-0.15, -0.1) is 0 Å². The lowest BCUT2D eigenvalue weighted by Gasteiger charge is -2.30. The number of nitrogens with zero attached hydrogens (tertiary/aromatic N) is 2. The first-order chi connectivity index (χ1) is 16.6. The van der Waals surface area contributed by atoms with Gasteiger partial charge in [0, 0.05) is 39.7 Å². The third kappa shape index (κ3) is 3.73. The van der Waals surface area contributed by atoms with Crippen molar-refractivity contribution in [2.45, 2.75) is 13.8 Å². The van der Waals surface area contributed by atoms with Crippen LogP contribution in [-0.2, 0) is 7.05 Å². The number of aromatic nitrogens is 1. The smallest absolute Gasteiger partial charge is 0.101 e. The van der Waals surface area contributed by atoms with E-state index in [0.717, 1.165) is 28.2 Å². The van der Waals surface area contributed by atoms with E-state index in [-0.39, 0.29) is 0 Å². The molecule has 4 aromatic rings. The minimum absolute atomic E-state index is 0.760. The lowest BCUT2D eigenvalue weighted by molar-refractivity contribution is -0.824. The Morgan fingerprint density at radius 3 is 2.09 bits per heavy atom. The van der Waals surface area contributed by atoms with Gasteiger partial charge in [0.15, 0.2) is 0 Å². The van der Waals surface area contributed by atoms with Gasteiger partial charge in [0.1, 0.15) is 12.4 Å². The van der Waals surface area contributed by atoms with Crippen molar-refractivity contribution in [3.05, 3.63) is 125 Å². The van der Waals surface area contributed by atoms with Crippen molar-refractivity contribution in [3.63, 3.8) is 0 Å². The highest BCUT2D eigenvalue weighted by Crippen LogP contribution is 2.44. The van der Waals surface area contributed by atoms with Gasteiger partial charge in [-0.2, -0.15) is 0 Å². The molecule has 0 unspecified atom stereocenters. The molecule has 0 atom stereocenters.